The number of amides is 1. The van der Waals surface area contributed by atoms with Crippen molar-refractivity contribution < 1.29 is 9.53 Å². The molecule has 1 saturated heterocycles. The van der Waals surface area contributed by atoms with Gasteiger partial charge in [0.15, 0.2) is 18.2 Å². The summed E-state index contributed by atoms with van der Waals surface area (Å²) >= 11 is 0. The Bertz CT molecular complexity index is 859. The number of imidazole rings is 1. The molecule has 4 rings (SSSR count). The molecule has 0 spiro atoms. The number of aromatic nitrogens is 4. The highest BCUT2D eigenvalue weighted by atomic mass is 16.5. The third-order valence-corrected chi connectivity index (χ3v) is 4.47. The molecule has 1 aromatic carbocycles. The van der Waals surface area contributed by atoms with Crippen LogP contribution in [0.15, 0.2) is 61.2 Å². The quantitative estimate of drug-likeness (QED) is 0.681. The lowest BCUT2D eigenvalue weighted by Gasteiger charge is -2.35. The monoisotopic (exact) mass is 364 g/mol. The SMILES string of the molecule is O=C(COc1ccccc1)N1CCN(c2ccc(-n3ccnc3)nn2)CC1. The number of nitrogens with zero attached hydrogens (tertiary/aromatic N) is 6. The fourth-order valence-corrected chi connectivity index (χ4v) is 2.96. The highest BCUT2D eigenvalue weighted by molar-refractivity contribution is 5.78. The summed E-state index contributed by atoms with van der Waals surface area (Å²) in [7, 11) is 0. The summed E-state index contributed by atoms with van der Waals surface area (Å²) < 4.78 is 7.35. The van der Waals surface area contributed by atoms with Gasteiger partial charge in [-0.05, 0) is 24.3 Å². The molecule has 138 valence electrons. The van der Waals surface area contributed by atoms with Crippen LogP contribution < -0.4 is 9.64 Å². The van der Waals surface area contributed by atoms with E-state index in [0.29, 0.717) is 18.8 Å². The van der Waals surface area contributed by atoms with Gasteiger partial charge in [0.1, 0.15) is 12.1 Å². The van der Waals surface area contributed by atoms with Gasteiger partial charge in [-0.25, -0.2) is 4.98 Å². The number of hydrogen-bond donors (Lipinski definition) is 0. The Hall–Kier alpha value is -3.42. The number of hydrogen-bond acceptors (Lipinski definition) is 6. The van der Waals surface area contributed by atoms with Crippen LogP contribution in [0.5, 0.6) is 5.75 Å². The molecule has 3 heterocycles. The molecule has 2 aromatic heterocycles. The first-order chi connectivity index (χ1) is 13.3. The van der Waals surface area contributed by atoms with E-state index in [2.05, 4.69) is 20.1 Å². The molecule has 1 amide bonds. The van der Waals surface area contributed by atoms with E-state index in [-0.39, 0.29) is 12.5 Å². The molecule has 0 aliphatic carbocycles. The van der Waals surface area contributed by atoms with Gasteiger partial charge in [-0.1, -0.05) is 18.2 Å². The maximum atomic E-state index is 12.3. The van der Waals surface area contributed by atoms with Gasteiger partial charge in [-0.3, -0.25) is 9.36 Å². The maximum Gasteiger partial charge on any atom is 0.260 e. The van der Waals surface area contributed by atoms with Crippen LogP contribution in [0.1, 0.15) is 0 Å². The van der Waals surface area contributed by atoms with Gasteiger partial charge >= 0.3 is 0 Å². The smallest absolute Gasteiger partial charge is 0.260 e. The predicted octanol–water partition coefficient (Wildman–Crippen LogP) is 1.39. The zero-order valence-electron chi connectivity index (χ0n) is 14.8. The van der Waals surface area contributed by atoms with Crippen molar-refractivity contribution in [2.24, 2.45) is 0 Å². The number of rotatable bonds is 5. The lowest BCUT2D eigenvalue weighted by atomic mass is 10.3. The van der Waals surface area contributed by atoms with Crippen LogP contribution >= 0.6 is 0 Å². The first-order valence-electron chi connectivity index (χ1n) is 8.82. The summed E-state index contributed by atoms with van der Waals surface area (Å²) in [5.41, 5.74) is 0. The van der Waals surface area contributed by atoms with E-state index in [0.717, 1.165) is 24.7 Å². The van der Waals surface area contributed by atoms with Crippen molar-refractivity contribution >= 4 is 11.7 Å². The summed E-state index contributed by atoms with van der Waals surface area (Å²) in [5.74, 6) is 2.24. The molecular formula is C19H20N6O2. The summed E-state index contributed by atoms with van der Waals surface area (Å²) in [6.07, 6.45) is 5.21. The van der Waals surface area contributed by atoms with Crippen molar-refractivity contribution in [3.63, 3.8) is 0 Å². The third-order valence-electron chi connectivity index (χ3n) is 4.47. The molecule has 0 bridgehead atoms. The first-order valence-corrected chi connectivity index (χ1v) is 8.82. The summed E-state index contributed by atoms with van der Waals surface area (Å²) in [4.78, 5) is 20.3. The van der Waals surface area contributed by atoms with Crippen molar-refractivity contribution in [3.8, 4) is 11.6 Å². The Balaban J connectivity index is 1.29. The minimum absolute atomic E-state index is 0.0000398. The normalized spacial score (nSPS) is 14.2. The van der Waals surface area contributed by atoms with Crippen LogP contribution in [0.4, 0.5) is 5.82 Å². The van der Waals surface area contributed by atoms with E-state index in [4.69, 9.17) is 4.74 Å². The van der Waals surface area contributed by atoms with Crippen LogP contribution in [-0.4, -0.2) is 63.3 Å². The van der Waals surface area contributed by atoms with E-state index < -0.39 is 0 Å². The van der Waals surface area contributed by atoms with Crippen LogP contribution in [-0.2, 0) is 4.79 Å². The van der Waals surface area contributed by atoms with Crippen LogP contribution in [0.25, 0.3) is 5.82 Å². The molecule has 0 N–H and O–H groups in total. The number of carbonyl (C=O) groups excluding carboxylic acids is 1. The Labute approximate surface area is 157 Å². The van der Waals surface area contributed by atoms with Gasteiger partial charge in [0.2, 0.25) is 0 Å². The van der Waals surface area contributed by atoms with Gasteiger partial charge in [0.25, 0.3) is 5.91 Å². The molecule has 0 atom stereocenters. The second-order valence-corrected chi connectivity index (χ2v) is 6.19. The summed E-state index contributed by atoms with van der Waals surface area (Å²) in [6.45, 7) is 2.78. The van der Waals surface area contributed by atoms with Crippen molar-refractivity contribution in [1.82, 2.24) is 24.6 Å². The average molecular weight is 364 g/mol. The molecule has 8 heteroatoms. The van der Waals surface area contributed by atoms with E-state index >= 15 is 0 Å². The van der Waals surface area contributed by atoms with E-state index in [1.54, 1.807) is 17.1 Å². The first kappa shape index (κ1) is 17.0. The van der Waals surface area contributed by atoms with E-state index in [9.17, 15) is 4.79 Å². The van der Waals surface area contributed by atoms with Crippen molar-refractivity contribution in [1.29, 1.82) is 0 Å². The molecule has 0 radical (unpaired) electrons. The van der Waals surface area contributed by atoms with E-state index in [1.807, 2.05) is 53.6 Å². The zero-order valence-corrected chi connectivity index (χ0v) is 14.8. The minimum atomic E-state index is 0.0000398. The Morgan fingerprint density at radius 3 is 2.37 bits per heavy atom. The Morgan fingerprint density at radius 1 is 0.963 bits per heavy atom. The second-order valence-electron chi connectivity index (χ2n) is 6.19. The zero-order chi connectivity index (χ0) is 18.5. The molecule has 1 aliphatic rings. The Kier molecular flexibility index (Phi) is 4.95. The van der Waals surface area contributed by atoms with Gasteiger partial charge < -0.3 is 14.5 Å². The van der Waals surface area contributed by atoms with Crippen LogP contribution in [0.2, 0.25) is 0 Å². The summed E-state index contributed by atoms with van der Waals surface area (Å²) in [6, 6.07) is 13.2. The maximum absolute atomic E-state index is 12.3. The molecule has 27 heavy (non-hydrogen) atoms. The third kappa shape index (κ3) is 4.05. The lowest BCUT2D eigenvalue weighted by Crippen LogP contribution is -2.50. The van der Waals surface area contributed by atoms with Crippen molar-refractivity contribution in [2.45, 2.75) is 0 Å². The highest BCUT2D eigenvalue weighted by Gasteiger charge is 2.22. The minimum Gasteiger partial charge on any atom is -0.484 e. The molecular weight excluding hydrogens is 344 g/mol. The number of ether oxygens (including phenoxy) is 1. The van der Waals surface area contributed by atoms with Crippen molar-refractivity contribution in [3.05, 3.63) is 61.2 Å². The predicted molar refractivity (Wildman–Crippen MR) is 99.9 cm³/mol. The molecule has 1 aliphatic heterocycles. The molecule has 3 aromatic rings. The second kappa shape index (κ2) is 7.86. The lowest BCUT2D eigenvalue weighted by molar-refractivity contribution is -0.133. The average Bonchev–Trinajstić information content (AvgIpc) is 3.28. The number of piperazine rings is 1. The van der Waals surface area contributed by atoms with Crippen LogP contribution in [0, 0.1) is 0 Å². The van der Waals surface area contributed by atoms with Crippen molar-refractivity contribution in [2.75, 3.05) is 37.7 Å². The standard InChI is InChI=1S/C19H20N6O2/c26-19(14-27-16-4-2-1-3-5-16)24-12-10-23(11-13-24)17-6-7-18(22-21-17)25-9-8-20-15-25/h1-9,15H,10-14H2. The van der Waals surface area contributed by atoms with Gasteiger partial charge in [0.05, 0.1) is 0 Å². The van der Waals surface area contributed by atoms with Gasteiger partial charge in [-0.2, -0.15) is 0 Å². The van der Waals surface area contributed by atoms with Gasteiger partial charge in [-0.15, -0.1) is 10.2 Å². The molecule has 0 unspecified atom stereocenters. The number of para-hydroxylation sites is 1. The Morgan fingerprint density at radius 2 is 1.70 bits per heavy atom. The fraction of sp³-hybridized carbons (Fsp3) is 0.263. The topological polar surface area (TPSA) is 76.4 Å². The van der Waals surface area contributed by atoms with E-state index in [1.165, 1.54) is 0 Å². The van der Waals surface area contributed by atoms with Gasteiger partial charge in [0, 0.05) is 38.6 Å². The van der Waals surface area contributed by atoms with Crippen LogP contribution in [0.3, 0.4) is 0 Å². The molecule has 0 saturated carbocycles. The molecule has 1 fully saturated rings. The number of carbonyl (C=O) groups is 1. The number of benzene rings is 1. The highest BCUT2D eigenvalue weighted by Crippen LogP contribution is 2.15. The summed E-state index contributed by atoms with van der Waals surface area (Å²) in [5, 5.41) is 8.55. The molecule has 8 nitrogen and oxygen atoms in total. The number of anilines is 1. The largest absolute Gasteiger partial charge is 0.484 e. The fourth-order valence-electron chi connectivity index (χ4n) is 2.96.